The standard InChI is InChI=1S/C5H3ClN/c6-5-3-1-2-4-7-5/h1-2,4H. The largest absolute Gasteiger partial charge is 0.244 e. The Bertz CT molecular complexity index is 138. The molecule has 1 radical (unpaired) electrons. The molecule has 7 heavy (non-hydrogen) atoms. The third-order valence-corrected chi connectivity index (χ3v) is 0.779. The van der Waals surface area contributed by atoms with Crippen LogP contribution in [0, 0.1) is 6.07 Å². The van der Waals surface area contributed by atoms with Gasteiger partial charge in [0.05, 0.1) is 0 Å². The highest BCUT2D eigenvalue weighted by atomic mass is 35.5. The number of hydrogen-bond acceptors (Lipinski definition) is 1. The molecule has 0 spiro atoms. The minimum Gasteiger partial charge on any atom is -0.244 e. The fourth-order valence-corrected chi connectivity index (χ4v) is 0.425. The lowest BCUT2D eigenvalue weighted by atomic mass is 10.5. The molecule has 0 bridgehead atoms. The van der Waals surface area contributed by atoms with Crippen molar-refractivity contribution in [1.29, 1.82) is 0 Å². The molecule has 1 heterocycles. The fourth-order valence-electron chi connectivity index (χ4n) is 0.306. The maximum atomic E-state index is 5.37. The van der Waals surface area contributed by atoms with Gasteiger partial charge in [0.25, 0.3) is 0 Å². The normalized spacial score (nSPS) is 8.71. The van der Waals surface area contributed by atoms with Crippen LogP contribution in [0.2, 0.25) is 5.15 Å². The molecule has 0 aliphatic carbocycles. The van der Waals surface area contributed by atoms with Crippen LogP contribution in [0.5, 0.6) is 0 Å². The predicted molar refractivity (Wildman–Crippen MR) is 28.1 cm³/mol. The summed E-state index contributed by atoms with van der Waals surface area (Å²) in [5, 5.41) is 0.419. The third-order valence-electron chi connectivity index (χ3n) is 0.573. The monoisotopic (exact) mass is 112 g/mol. The van der Waals surface area contributed by atoms with Crippen molar-refractivity contribution in [1.82, 2.24) is 4.98 Å². The number of nitrogens with zero attached hydrogens (tertiary/aromatic N) is 1. The highest BCUT2D eigenvalue weighted by molar-refractivity contribution is 6.29. The van der Waals surface area contributed by atoms with Crippen LogP contribution in [0.4, 0.5) is 0 Å². The van der Waals surface area contributed by atoms with E-state index >= 15 is 0 Å². The van der Waals surface area contributed by atoms with Crippen molar-refractivity contribution in [3.8, 4) is 0 Å². The highest BCUT2D eigenvalue weighted by Crippen LogP contribution is 1.96. The Labute approximate surface area is 47.0 Å². The molecule has 0 aromatic carbocycles. The SMILES string of the molecule is Clc1[c]cccn1. The predicted octanol–water partition coefficient (Wildman–Crippen LogP) is 1.54. The lowest BCUT2D eigenvalue weighted by Gasteiger charge is -1.78. The van der Waals surface area contributed by atoms with E-state index in [1.54, 1.807) is 18.3 Å². The Kier molecular flexibility index (Phi) is 1.27. The molecule has 0 unspecified atom stereocenters. The maximum Gasteiger partial charge on any atom is 0.136 e. The van der Waals surface area contributed by atoms with E-state index in [1.165, 1.54) is 0 Å². The van der Waals surface area contributed by atoms with Crippen LogP contribution in [0.15, 0.2) is 18.3 Å². The first kappa shape index (κ1) is 4.60. The van der Waals surface area contributed by atoms with E-state index < -0.39 is 0 Å². The van der Waals surface area contributed by atoms with Crippen LogP contribution in [0.1, 0.15) is 0 Å². The summed E-state index contributed by atoms with van der Waals surface area (Å²) in [5.41, 5.74) is 0. The van der Waals surface area contributed by atoms with E-state index in [1.807, 2.05) is 0 Å². The molecule has 0 amide bonds. The van der Waals surface area contributed by atoms with Crippen LogP contribution in [0.3, 0.4) is 0 Å². The van der Waals surface area contributed by atoms with Crippen LogP contribution in [0.25, 0.3) is 0 Å². The van der Waals surface area contributed by atoms with E-state index in [0.29, 0.717) is 5.15 Å². The van der Waals surface area contributed by atoms with Crippen molar-refractivity contribution in [2.45, 2.75) is 0 Å². The quantitative estimate of drug-likeness (QED) is 0.464. The van der Waals surface area contributed by atoms with Crippen molar-refractivity contribution >= 4 is 11.6 Å². The Hall–Kier alpha value is -0.560. The Morgan fingerprint density at radius 2 is 2.57 bits per heavy atom. The number of aromatic nitrogens is 1. The first-order valence-corrected chi connectivity index (χ1v) is 2.25. The Morgan fingerprint density at radius 3 is 2.86 bits per heavy atom. The molecule has 0 aliphatic heterocycles. The van der Waals surface area contributed by atoms with Crippen molar-refractivity contribution < 1.29 is 0 Å². The average Bonchev–Trinajstić information content (AvgIpc) is 1.69. The summed E-state index contributed by atoms with van der Waals surface area (Å²) in [4.78, 5) is 3.69. The van der Waals surface area contributed by atoms with Gasteiger partial charge in [0.1, 0.15) is 5.15 Å². The van der Waals surface area contributed by atoms with Gasteiger partial charge in [-0.3, -0.25) is 0 Å². The molecule has 0 atom stereocenters. The molecule has 1 rings (SSSR count). The summed E-state index contributed by atoms with van der Waals surface area (Å²) < 4.78 is 0. The first-order valence-electron chi connectivity index (χ1n) is 1.88. The van der Waals surface area contributed by atoms with Gasteiger partial charge in [0.2, 0.25) is 0 Å². The molecular weight excluding hydrogens is 110 g/mol. The van der Waals surface area contributed by atoms with Crippen molar-refractivity contribution in [2.75, 3.05) is 0 Å². The minimum absolute atomic E-state index is 0.419. The topological polar surface area (TPSA) is 12.9 Å². The van der Waals surface area contributed by atoms with Gasteiger partial charge in [-0.1, -0.05) is 11.6 Å². The van der Waals surface area contributed by atoms with Crippen LogP contribution in [-0.2, 0) is 0 Å². The number of pyridine rings is 1. The van der Waals surface area contributed by atoms with Gasteiger partial charge < -0.3 is 0 Å². The zero-order chi connectivity index (χ0) is 5.11. The van der Waals surface area contributed by atoms with E-state index in [-0.39, 0.29) is 0 Å². The summed E-state index contributed by atoms with van der Waals surface area (Å²) in [6.07, 6.45) is 1.62. The van der Waals surface area contributed by atoms with E-state index in [9.17, 15) is 0 Å². The van der Waals surface area contributed by atoms with Gasteiger partial charge >= 0.3 is 0 Å². The zero-order valence-corrected chi connectivity index (χ0v) is 4.31. The fraction of sp³-hybridized carbons (Fsp3) is 0. The molecule has 0 aliphatic rings. The first-order chi connectivity index (χ1) is 3.39. The second-order valence-corrected chi connectivity index (χ2v) is 1.43. The molecule has 1 aromatic rings. The lowest BCUT2D eigenvalue weighted by Crippen LogP contribution is -1.66. The van der Waals surface area contributed by atoms with Crippen LogP contribution < -0.4 is 0 Å². The van der Waals surface area contributed by atoms with Gasteiger partial charge in [0, 0.05) is 12.3 Å². The smallest absolute Gasteiger partial charge is 0.136 e. The van der Waals surface area contributed by atoms with Gasteiger partial charge in [-0.15, -0.1) is 0 Å². The molecule has 35 valence electrons. The lowest BCUT2D eigenvalue weighted by molar-refractivity contribution is 1.32. The molecule has 1 aromatic heterocycles. The van der Waals surface area contributed by atoms with Gasteiger partial charge in [-0.2, -0.15) is 0 Å². The van der Waals surface area contributed by atoms with Crippen LogP contribution in [-0.4, -0.2) is 4.98 Å². The molecule has 0 saturated heterocycles. The minimum atomic E-state index is 0.419. The van der Waals surface area contributed by atoms with Crippen LogP contribution >= 0.6 is 11.6 Å². The van der Waals surface area contributed by atoms with E-state index in [4.69, 9.17) is 11.6 Å². The summed E-state index contributed by atoms with van der Waals surface area (Å²) >= 11 is 5.37. The Balaban J connectivity index is 3.02. The summed E-state index contributed by atoms with van der Waals surface area (Å²) in [6.45, 7) is 0. The second-order valence-electron chi connectivity index (χ2n) is 1.07. The second kappa shape index (κ2) is 1.94. The molecular formula is C5H3ClN. The molecule has 0 N–H and O–H groups in total. The zero-order valence-electron chi connectivity index (χ0n) is 3.56. The Morgan fingerprint density at radius 1 is 1.71 bits per heavy atom. The van der Waals surface area contributed by atoms with Crippen molar-refractivity contribution in [2.24, 2.45) is 0 Å². The molecule has 1 nitrogen and oxygen atoms in total. The van der Waals surface area contributed by atoms with Crippen molar-refractivity contribution in [3.05, 3.63) is 29.5 Å². The van der Waals surface area contributed by atoms with Gasteiger partial charge in [0.15, 0.2) is 0 Å². The highest BCUT2D eigenvalue weighted by Gasteiger charge is 1.77. The molecule has 0 saturated carbocycles. The molecule has 2 heteroatoms. The van der Waals surface area contributed by atoms with Gasteiger partial charge in [-0.25, -0.2) is 4.98 Å². The average molecular weight is 113 g/mol. The summed E-state index contributed by atoms with van der Waals surface area (Å²) in [7, 11) is 0. The van der Waals surface area contributed by atoms with Gasteiger partial charge in [-0.05, 0) is 12.1 Å². The maximum absolute atomic E-state index is 5.37. The van der Waals surface area contributed by atoms with E-state index in [2.05, 4.69) is 11.1 Å². The van der Waals surface area contributed by atoms with E-state index in [0.717, 1.165) is 0 Å². The number of halogens is 1. The summed E-state index contributed by atoms with van der Waals surface area (Å²) in [5.74, 6) is 0. The number of hydrogen-bond donors (Lipinski definition) is 0. The number of rotatable bonds is 0. The third kappa shape index (κ3) is 1.16. The summed E-state index contributed by atoms with van der Waals surface area (Å²) in [6, 6.07) is 6.17. The van der Waals surface area contributed by atoms with Crippen molar-refractivity contribution in [3.63, 3.8) is 0 Å². The molecule has 0 fully saturated rings.